The highest BCUT2D eigenvalue weighted by Crippen LogP contribution is 2.24. The Morgan fingerprint density at radius 2 is 2.24 bits per heavy atom. The molecule has 1 fully saturated rings. The maximum absolute atomic E-state index is 13.0. The van der Waals surface area contributed by atoms with Crippen LogP contribution in [0.4, 0.5) is 4.39 Å². The second kappa shape index (κ2) is 5.49. The number of aromatic nitrogens is 1. The molecule has 1 aliphatic heterocycles. The summed E-state index contributed by atoms with van der Waals surface area (Å²) in [5, 5.41) is 0. The fourth-order valence-electron chi connectivity index (χ4n) is 1.72. The number of ketones is 1. The van der Waals surface area contributed by atoms with Gasteiger partial charge in [0.25, 0.3) is 0 Å². The van der Waals surface area contributed by atoms with Gasteiger partial charge in [0.05, 0.1) is 11.8 Å². The first-order valence-electron chi connectivity index (χ1n) is 5.57. The maximum Gasteiger partial charge on any atom is 0.224 e. The molecule has 92 valence electrons. The van der Waals surface area contributed by atoms with Crippen LogP contribution in [0.5, 0.6) is 5.88 Å². The predicted molar refractivity (Wildman–Crippen MR) is 65.2 cm³/mol. The number of ether oxygens (including phenoxy) is 1. The Kier molecular flexibility index (Phi) is 3.99. The minimum atomic E-state index is -0.512. The van der Waals surface area contributed by atoms with E-state index in [1.165, 1.54) is 13.0 Å². The van der Waals surface area contributed by atoms with Gasteiger partial charge in [0.2, 0.25) is 5.88 Å². The van der Waals surface area contributed by atoms with Gasteiger partial charge in [-0.2, -0.15) is 11.8 Å². The van der Waals surface area contributed by atoms with Crippen molar-refractivity contribution < 1.29 is 13.9 Å². The second-order valence-electron chi connectivity index (χ2n) is 3.99. The van der Waals surface area contributed by atoms with Gasteiger partial charge >= 0.3 is 0 Å². The van der Waals surface area contributed by atoms with E-state index in [4.69, 9.17) is 4.74 Å². The van der Waals surface area contributed by atoms with Crippen molar-refractivity contribution in [1.29, 1.82) is 0 Å². The summed E-state index contributed by atoms with van der Waals surface area (Å²) in [7, 11) is 0. The van der Waals surface area contributed by atoms with Crippen LogP contribution in [0.2, 0.25) is 0 Å². The molecule has 1 aliphatic rings. The quantitative estimate of drug-likeness (QED) is 0.778. The highest BCUT2D eigenvalue weighted by molar-refractivity contribution is 7.99. The number of pyridine rings is 1. The van der Waals surface area contributed by atoms with Crippen LogP contribution in [0.15, 0.2) is 12.3 Å². The Morgan fingerprint density at radius 3 is 2.88 bits per heavy atom. The third kappa shape index (κ3) is 3.19. The van der Waals surface area contributed by atoms with Crippen molar-refractivity contribution in [3.8, 4) is 5.88 Å². The van der Waals surface area contributed by atoms with Crippen LogP contribution in [-0.2, 0) is 0 Å². The molecule has 1 aromatic heterocycles. The Balaban J connectivity index is 2.16. The van der Waals surface area contributed by atoms with Crippen LogP contribution in [-0.4, -0.2) is 28.4 Å². The molecule has 0 unspecified atom stereocenters. The van der Waals surface area contributed by atoms with Crippen molar-refractivity contribution in [3.63, 3.8) is 0 Å². The summed E-state index contributed by atoms with van der Waals surface area (Å²) in [4.78, 5) is 15.2. The monoisotopic (exact) mass is 255 g/mol. The predicted octanol–water partition coefficient (Wildman–Crippen LogP) is 2.70. The van der Waals surface area contributed by atoms with E-state index in [0.717, 1.165) is 30.5 Å². The molecule has 2 rings (SSSR count). The molecular formula is C12H14FNO2S. The SMILES string of the molecule is CC(=O)c1cc(F)cnc1OC1CCSCC1. The summed E-state index contributed by atoms with van der Waals surface area (Å²) >= 11 is 1.89. The molecule has 1 saturated heterocycles. The normalized spacial score (nSPS) is 16.8. The number of carbonyl (C=O) groups excluding carboxylic acids is 1. The Hall–Kier alpha value is -1.10. The summed E-state index contributed by atoms with van der Waals surface area (Å²) in [6.07, 6.45) is 3.06. The third-order valence-electron chi connectivity index (χ3n) is 2.64. The zero-order chi connectivity index (χ0) is 12.3. The van der Waals surface area contributed by atoms with Gasteiger partial charge in [-0.05, 0) is 37.3 Å². The lowest BCUT2D eigenvalue weighted by atomic mass is 10.2. The zero-order valence-electron chi connectivity index (χ0n) is 9.61. The molecule has 0 aromatic carbocycles. The van der Waals surface area contributed by atoms with E-state index in [1.54, 1.807) is 0 Å². The van der Waals surface area contributed by atoms with Gasteiger partial charge in [0, 0.05) is 0 Å². The number of thioether (sulfide) groups is 1. The van der Waals surface area contributed by atoms with Gasteiger partial charge in [-0.3, -0.25) is 4.79 Å². The van der Waals surface area contributed by atoms with Crippen molar-refractivity contribution in [2.75, 3.05) is 11.5 Å². The van der Waals surface area contributed by atoms with E-state index in [9.17, 15) is 9.18 Å². The highest BCUT2D eigenvalue weighted by Gasteiger charge is 2.19. The fourth-order valence-corrected chi connectivity index (χ4v) is 2.79. The largest absolute Gasteiger partial charge is 0.474 e. The van der Waals surface area contributed by atoms with E-state index < -0.39 is 5.82 Å². The minimum Gasteiger partial charge on any atom is -0.474 e. The number of hydrogen-bond acceptors (Lipinski definition) is 4. The number of carbonyl (C=O) groups is 1. The van der Waals surface area contributed by atoms with Gasteiger partial charge in [-0.15, -0.1) is 0 Å². The van der Waals surface area contributed by atoms with Crippen molar-refractivity contribution in [3.05, 3.63) is 23.6 Å². The second-order valence-corrected chi connectivity index (χ2v) is 5.22. The van der Waals surface area contributed by atoms with Gasteiger partial charge in [0.15, 0.2) is 5.78 Å². The number of nitrogens with zero attached hydrogens (tertiary/aromatic N) is 1. The molecular weight excluding hydrogens is 241 g/mol. The van der Waals surface area contributed by atoms with Crippen molar-refractivity contribution in [2.24, 2.45) is 0 Å². The Labute approximate surface area is 104 Å². The van der Waals surface area contributed by atoms with Crippen LogP contribution >= 0.6 is 11.8 Å². The van der Waals surface area contributed by atoms with Crippen LogP contribution in [0.1, 0.15) is 30.1 Å². The van der Waals surface area contributed by atoms with E-state index in [2.05, 4.69) is 4.98 Å². The Bertz CT molecular complexity index is 419. The molecule has 0 bridgehead atoms. The molecule has 0 N–H and O–H groups in total. The van der Waals surface area contributed by atoms with Gasteiger partial charge in [-0.1, -0.05) is 0 Å². The third-order valence-corrected chi connectivity index (χ3v) is 3.69. The average molecular weight is 255 g/mol. The minimum absolute atomic E-state index is 0.0901. The van der Waals surface area contributed by atoms with Crippen LogP contribution in [0, 0.1) is 5.82 Å². The van der Waals surface area contributed by atoms with E-state index in [0.29, 0.717) is 0 Å². The molecule has 0 aliphatic carbocycles. The Morgan fingerprint density at radius 1 is 1.53 bits per heavy atom. The van der Waals surface area contributed by atoms with Crippen LogP contribution in [0.3, 0.4) is 0 Å². The van der Waals surface area contributed by atoms with E-state index >= 15 is 0 Å². The molecule has 5 heteroatoms. The molecule has 0 saturated carbocycles. The van der Waals surface area contributed by atoms with E-state index in [-0.39, 0.29) is 23.3 Å². The van der Waals surface area contributed by atoms with Gasteiger partial charge in [0.1, 0.15) is 11.9 Å². The standard InChI is InChI=1S/C12H14FNO2S/c1-8(15)11-6-9(13)7-14-12(11)16-10-2-4-17-5-3-10/h6-7,10H,2-5H2,1H3. The summed E-state index contributed by atoms with van der Waals surface area (Å²) in [6.45, 7) is 1.39. The van der Waals surface area contributed by atoms with E-state index in [1.807, 2.05) is 11.8 Å². The first-order chi connectivity index (χ1) is 8.16. The lowest BCUT2D eigenvalue weighted by Crippen LogP contribution is -2.23. The lowest BCUT2D eigenvalue weighted by molar-refractivity contribution is 0.100. The van der Waals surface area contributed by atoms with Crippen molar-refractivity contribution >= 4 is 17.5 Å². The summed E-state index contributed by atoms with van der Waals surface area (Å²) < 4.78 is 18.7. The molecule has 1 aromatic rings. The zero-order valence-corrected chi connectivity index (χ0v) is 10.4. The molecule has 0 spiro atoms. The first kappa shape index (κ1) is 12.4. The number of halogens is 1. The van der Waals surface area contributed by atoms with Crippen LogP contribution < -0.4 is 4.74 Å². The molecule has 0 radical (unpaired) electrons. The van der Waals surface area contributed by atoms with Crippen LogP contribution in [0.25, 0.3) is 0 Å². The average Bonchev–Trinajstić information content (AvgIpc) is 2.32. The maximum atomic E-state index is 13.0. The topological polar surface area (TPSA) is 39.2 Å². The molecule has 0 atom stereocenters. The molecule has 2 heterocycles. The number of hydrogen-bond donors (Lipinski definition) is 0. The van der Waals surface area contributed by atoms with Crippen molar-refractivity contribution in [2.45, 2.75) is 25.9 Å². The smallest absolute Gasteiger partial charge is 0.224 e. The van der Waals surface area contributed by atoms with Gasteiger partial charge in [-0.25, -0.2) is 9.37 Å². The fraction of sp³-hybridized carbons (Fsp3) is 0.500. The molecule has 17 heavy (non-hydrogen) atoms. The summed E-state index contributed by atoms with van der Waals surface area (Å²) in [5.74, 6) is 1.64. The summed E-state index contributed by atoms with van der Waals surface area (Å²) in [6, 6.07) is 1.18. The highest BCUT2D eigenvalue weighted by atomic mass is 32.2. The summed E-state index contributed by atoms with van der Waals surface area (Å²) in [5.41, 5.74) is 0.225. The molecule has 0 amide bonds. The lowest BCUT2D eigenvalue weighted by Gasteiger charge is -2.22. The number of rotatable bonds is 3. The first-order valence-corrected chi connectivity index (χ1v) is 6.73. The van der Waals surface area contributed by atoms with Gasteiger partial charge < -0.3 is 4.74 Å². The molecule has 3 nitrogen and oxygen atoms in total. The van der Waals surface area contributed by atoms with Crippen molar-refractivity contribution in [1.82, 2.24) is 4.98 Å². The number of Topliss-reactive ketones (excluding diaryl/α,β-unsaturated/α-hetero) is 1.